The highest BCUT2D eigenvalue weighted by atomic mass is 16.3. The average molecular weight is 232 g/mol. The van der Waals surface area contributed by atoms with Crippen LogP contribution < -0.4 is 0 Å². The molecule has 0 radical (unpaired) electrons. The van der Waals surface area contributed by atoms with E-state index in [1.807, 2.05) is 0 Å². The van der Waals surface area contributed by atoms with Gasteiger partial charge < -0.3 is 5.11 Å². The van der Waals surface area contributed by atoms with E-state index >= 15 is 0 Å². The highest BCUT2D eigenvalue weighted by molar-refractivity contribution is 5.27. The molecule has 0 spiro atoms. The molecule has 2 unspecified atom stereocenters. The van der Waals surface area contributed by atoms with Crippen LogP contribution in [0.25, 0.3) is 0 Å². The van der Waals surface area contributed by atoms with E-state index in [0.717, 1.165) is 31.2 Å². The molecule has 1 aliphatic carbocycles. The van der Waals surface area contributed by atoms with Crippen molar-refractivity contribution in [2.24, 2.45) is 5.92 Å². The second kappa shape index (κ2) is 5.22. The summed E-state index contributed by atoms with van der Waals surface area (Å²) in [5, 5.41) is 10.7. The summed E-state index contributed by atoms with van der Waals surface area (Å²) in [6.45, 7) is 4.44. The quantitative estimate of drug-likeness (QED) is 0.834. The fourth-order valence-corrected chi connectivity index (χ4v) is 3.06. The largest absolute Gasteiger partial charge is 0.385 e. The van der Waals surface area contributed by atoms with Crippen molar-refractivity contribution in [2.75, 3.05) is 0 Å². The van der Waals surface area contributed by atoms with Gasteiger partial charge in [0.15, 0.2) is 0 Å². The van der Waals surface area contributed by atoms with Crippen LogP contribution in [0.1, 0.15) is 57.1 Å². The number of aryl methyl sites for hydroxylation is 1. The van der Waals surface area contributed by atoms with Crippen molar-refractivity contribution in [3.05, 3.63) is 35.4 Å². The molecule has 0 heterocycles. The molecule has 1 aromatic carbocycles. The lowest BCUT2D eigenvalue weighted by Gasteiger charge is -2.36. The summed E-state index contributed by atoms with van der Waals surface area (Å²) in [6, 6.07) is 8.61. The summed E-state index contributed by atoms with van der Waals surface area (Å²) in [5.74, 6) is 0.643. The molecule has 1 N–H and O–H groups in total. The molecular formula is C16H24O. The van der Waals surface area contributed by atoms with Crippen LogP contribution in [-0.2, 0) is 12.0 Å². The van der Waals surface area contributed by atoms with Crippen molar-refractivity contribution in [3.63, 3.8) is 0 Å². The smallest absolute Gasteiger partial charge is 0.0899 e. The van der Waals surface area contributed by atoms with E-state index in [-0.39, 0.29) is 0 Å². The SMILES string of the molecule is CCCc1ccc(C2(O)CCCC(C)C2)cc1. The van der Waals surface area contributed by atoms with E-state index in [1.165, 1.54) is 18.4 Å². The second-order valence-corrected chi connectivity index (χ2v) is 5.68. The molecule has 94 valence electrons. The van der Waals surface area contributed by atoms with Gasteiger partial charge in [-0.1, -0.05) is 51.0 Å². The Bertz CT molecular complexity index is 354. The van der Waals surface area contributed by atoms with E-state index in [4.69, 9.17) is 0 Å². The van der Waals surface area contributed by atoms with Gasteiger partial charge in [0.25, 0.3) is 0 Å². The first-order valence-corrected chi connectivity index (χ1v) is 6.96. The molecule has 0 bridgehead atoms. The first kappa shape index (κ1) is 12.6. The highest BCUT2D eigenvalue weighted by Gasteiger charge is 2.33. The Morgan fingerprint density at radius 2 is 2.00 bits per heavy atom. The maximum absolute atomic E-state index is 10.7. The lowest BCUT2D eigenvalue weighted by Crippen LogP contribution is -2.31. The van der Waals surface area contributed by atoms with Crippen LogP contribution in [0.5, 0.6) is 0 Å². The van der Waals surface area contributed by atoms with Gasteiger partial charge in [0.1, 0.15) is 0 Å². The summed E-state index contributed by atoms with van der Waals surface area (Å²) in [5.41, 5.74) is 1.93. The van der Waals surface area contributed by atoms with Gasteiger partial charge in [-0.15, -0.1) is 0 Å². The van der Waals surface area contributed by atoms with Gasteiger partial charge in [-0.2, -0.15) is 0 Å². The first-order chi connectivity index (χ1) is 8.14. The zero-order valence-electron chi connectivity index (χ0n) is 11.1. The van der Waals surface area contributed by atoms with Gasteiger partial charge in [-0.05, 0) is 42.7 Å². The minimum Gasteiger partial charge on any atom is -0.385 e. The molecule has 0 aliphatic heterocycles. The van der Waals surface area contributed by atoms with Crippen LogP contribution >= 0.6 is 0 Å². The Labute approximate surface area is 105 Å². The van der Waals surface area contributed by atoms with Crippen LogP contribution in [0.15, 0.2) is 24.3 Å². The molecule has 1 aliphatic rings. The monoisotopic (exact) mass is 232 g/mol. The van der Waals surface area contributed by atoms with E-state index in [1.54, 1.807) is 0 Å². The fraction of sp³-hybridized carbons (Fsp3) is 0.625. The van der Waals surface area contributed by atoms with Gasteiger partial charge in [-0.3, -0.25) is 0 Å². The molecular weight excluding hydrogens is 208 g/mol. The molecule has 0 saturated heterocycles. The van der Waals surface area contributed by atoms with Crippen LogP contribution in [0.2, 0.25) is 0 Å². The number of benzene rings is 1. The Hall–Kier alpha value is -0.820. The van der Waals surface area contributed by atoms with Gasteiger partial charge >= 0.3 is 0 Å². The highest BCUT2D eigenvalue weighted by Crippen LogP contribution is 2.39. The molecule has 0 aromatic heterocycles. The molecule has 1 saturated carbocycles. The molecule has 2 atom stereocenters. The number of hydrogen-bond donors (Lipinski definition) is 1. The fourth-order valence-electron chi connectivity index (χ4n) is 3.06. The maximum atomic E-state index is 10.7. The summed E-state index contributed by atoms with van der Waals surface area (Å²) < 4.78 is 0. The molecule has 1 heteroatoms. The van der Waals surface area contributed by atoms with E-state index in [9.17, 15) is 5.11 Å². The maximum Gasteiger partial charge on any atom is 0.0899 e. The number of aliphatic hydroxyl groups is 1. The minimum absolute atomic E-state index is 0.567. The normalized spacial score (nSPS) is 29.2. The summed E-state index contributed by atoms with van der Waals surface area (Å²) >= 11 is 0. The van der Waals surface area contributed by atoms with Crippen LogP contribution in [0, 0.1) is 5.92 Å². The lowest BCUT2D eigenvalue weighted by molar-refractivity contribution is -0.0178. The van der Waals surface area contributed by atoms with Crippen molar-refractivity contribution in [3.8, 4) is 0 Å². The third-order valence-corrected chi connectivity index (χ3v) is 4.00. The first-order valence-electron chi connectivity index (χ1n) is 6.96. The molecule has 2 rings (SSSR count). The van der Waals surface area contributed by atoms with Crippen LogP contribution in [-0.4, -0.2) is 5.11 Å². The summed E-state index contributed by atoms with van der Waals surface area (Å²) in [6.07, 6.45) is 6.56. The zero-order chi connectivity index (χ0) is 12.3. The van der Waals surface area contributed by atoms with Crippen molar-refractivity contribution in [1.82, 2.24) is 0 Å². The Kier molecular flexibility index (Phi) is 3.88. The molecule has 1 aromatic rings. The van der Waals surface area contributed by atoms with Gasteiger partial charge in [0, 0.05) is 0 Å². The number of hydrogen-bond acceptors (Lipinski definition) is 1. The standard InChI is InChI=1S/C16H24O/c1-3-5-14-7-9-15(10-8-14)16(17)11-4-6-13(2)12-16/h7-10,13,17H,3-6,11-12H2,1-2H3. The lowest BCUT2D eigenvalue weighted by atomic mass is 9.75. The Morgan fingerprint density at radius 1 is 1.29 bits per heavy atom. The van der Waals surface area contributed by atoms with Crippen LogP contribution in [0.4, 0.5) is 0 Å². The zero-order valence-corrected chi connectivity index (χ0v) is 11.1. The van der Waals surface area contributed by atoms with Gasteiger partial charge in [0.05, 0.1) is 5.60 Å². The summed E-state index contributed by atoms with van der Waals surface area (Å²) in [4.78, 5) is 0. The second-order valence-electron chi connectivity index (χ2n) is 5.68. The van der Waals surface area contributed by atoms with E-state index < -0.39 is 5.60 Å². The molecule has 0 amide bonds. The van der Waals surface area contributed by atoms with Gasteiger partial charge in [0.2, 0.25) is 0 Å². The van der Waals surface area contributed by atoms with E-state index in [2.05, 4.69) is 38.1 Å². The molecule has 1 nitrogen and oxygen atoms in total. The molecule has 1 fully saturated rings. The third kappa shape index (κ3) is 2.90. The number of rotatable bonds is 3. The Balaban J connectivity index is 2.15. The minimum atomic E-state index is -0.567. The third-order valence-electron chi connectivity index (χ3n) is 4.00. The van der Waals surface area contributed by atoms with Crippen molar-refractivity contribution in [2.45, 2.75) is 58.0 Å². The predicted molar refractivity (Wildman–Crippen MR) is 72.0 cm³/mol. The van der Waals surface area contributed by atoms with Crippen molar-refractivity contribution in [1.29, 1.82) is 0 Å². The van der Waals surface area contributed by atoms with Gasteiger partial charge in [-0.25, -0.2) is 0 Å². The average Bonchev–Trinajstić information content (AvgIpc) is 2.30. The van der Waals surface area contributed by atoms with Crippen molar-refractivity contribution >= 4 is 0 Å². The van der Waals surface area contributed by atoms with E-state index in [0.29, 0.717) is 5.92 Å². The van der Waals surface area contributed by atoms with Crippen LogP contribution in [0.3, 0.4) is 0 Å². The topological polar surface area (TPSA) is 20.2 Å². The van der Waals surface area contributed by atoms with Crippen molar-refractivity contribution < 1.29 is 5.11 Å². The Morgan fingerprint density at radius 3 is 2.59 bits per heavy atom. The predicted octanol–water partition coefficient (Wildman–Crippen LogP) is 4.04. The summed E-state index contributed by atoms with van der Waals surface area (Å²) in [7, 11) is 0. The molecule has 17 heavy (non-hydrogen) atoms.